The van der Waals surface area contributed by atoms with E-state index in [1.807, 2.05) is 18.2 Å². The van der Waals surface area contributed by atoms with Crippen molar-refractivity contribution in [2.24, 2.45) is 5.92 Å². The molecule has 1 aliphatic rings. The second-order valence-corrected chi connectivity index (χ2v) is 6.38. The van der Waals surface area contributed by atoms with Gasteiger partial charge in [-0.25, -0.2) is 4.98 Å². The normalized spacial score (nSPS) is 18.0. The van der Waals surface area contributed by atoms with E-state index >= 15 is 0 Å². The molecule has 1 atom stereocenters. The van der Waals surface area contributed by atoms with Gasteiger partial charge in [-0.1, -0.05) is 13.0 Å². The van der Waals surface area contributed by atoms with Crippen molar-refractivity contribution < 1.29 is 0 Å². The number of aromatic nitrogens is 4. The smallest absolute Gasteiger partial charge is 0.262 e. The molecule has 1 saturated heterocycles. The van der Waals surface area contributed by atoms with Crippen LogP contribution in [-0.4, -0.2) is 33.0 Å². The zero-order valence-corrected chi connectivity index (χ0v) is 13.6. The molecule has 0 amide bonds. The highest BCUT2D eigenvalue weighted by Crippen LogP contribution is 2.25. The molecule has 0 radical (unpaired) electrons. The van der Waals surface area contributed by atoms with Crippen molar-refractivity contribution in [3.8, 4) is 11.1 Å². The summed E-state index contributed by atoms with van der Waals surface area (Å²) in [4.78, 5) is 30.9. The number of piperidine rings is 1. The summed E-state index contributed by atoms with van der Waals surface area (Å²) in [6.07, 6.45) is 7.49. The predicted octanol–water partition coefficient (Wildman–Crippen LogP) is 2.62. The van der Waals surface area contributed by atoms with Gasteiger partial charge in [0, 0.05) is 42.8 Å². The van der Waals surface area contributed by atoms with Gasteiger partial charge in [0.25, 0.3) is 5.56 Å². The van der Waals surface area contributed by atoms with E-state index in [2.05, 4.69) is 31.8 Å². The van der Waals surface area contributed by atoms with E-state index in [9.17, 15) is 4.79 Å². The van der Waals surface area contributed by atoms with Crippen molar-refractivity contribution >= 4 is 17.0 Å². The third kappa shape index (κ3) is 2.64. The quantitative estimate of drug-likeness (QED) is 0.785. The van der Waals surface area contributed by atoms with Gasteiger partial charge in [-0.3, -0.25) is 14.8 Å². The first kappa shape index (κ1) is 14.8. The molecule has 1 fully saturated rings. The lowest BCUT2D eigenvalue weighted by molar-refractivity contribution is 0.442. The van der Waals surface area contributed by atoms with Crippen LogP contribution >= 0.6 is 0 Å². The Bertz CT molecular complexity index is 922. The van der Waals surface area contributed by atoms with Crippen LogP contribution in [0.25, 0.3) is 22.2 Å². The van der Waals surface area contributed by atoms with Crippen LogP contribution in [0.4, 0.5) is 5.95 Å². The molecule has 1 aliphatic heterocycles. The molecule has 0 spiro atoms. The fraction of sp³-hybridized carbons (Fsp3) is 0.333. The first-order valence-corrected chi connectivity index (χ1v) is 8.27. The lowest BCUT2D eigenvalue weighted by Gasteiger charge is -2.31. The van der Waals surface area contributed by atoms with E-state index in [0.29, 0.717) is 22.9 Å². The summed E-state index contributed by atoms with van der Waals surface area (Å²) in [6.45, 7) is 4.06. The summed E-state index contributed by atoms with van der Waals surface area (Å²) < 4.78 is 0. The number of aromatic amines is 1. The van der Waals surface area contributed by atoms with Gasteiger partial charge < -0.3 is 4.90 Å². The summed E-state index contributed by atoms with van der Waals surface area (Å²) in [7, 11) is 0. The Kier molecular flexibility index (Phi) is 3.72. The zero-order valence-electron chi connectivity index (χ0n) is 13.6. The lowest BCUT2D eigenvalue weighted by atomic mass is 10.0. The van der Waals surface area contributed by atoms with Crippen LogP contribution in [0.1, 0.15) is 19.8 Å². The van der Waals surface area contributed by atoms with E-state index < -0.39 is 0 Å². The minimum atomic E-state index is -0.153. The molecule has 4 rings (SSSR count). The predicted molar refractivity (Wildman–Crippen MR) is 94.0 cm³/mol. The van der Waals surface area contributed by atoms with Gasteiger partial charge in [0.2, 0.25) is 5.95 Å². The van der Waals surface area contributed by atoms with Crippen molar-refractivity contribution in [1.82, 2.24) is 19.9 Å². The third-order valence-electron chi connectivity index (χ3n) is 4.52. The number of pyridine rings is 2. The van der Waals surface area contributed by atoms with Gasteiger partial charge in [0.05, 0.1) is 5.39 Å². The Balaban J connectivity index is 1.84. The van der Waals surface area contributed by atoms with E-state index in [1.54, 1.807) is 18.6 Å². The highest BCUT2D eigenvalue weighted by atomic mass is 16.1. The summed E-state index contributed by atoms with van der Waals surface area (Å²) in [5.41, 5.74) is 2.02. The van der Waals surface area contributed by atoms with Gasteiger partial charge in [-0.05, 0) is 30.9 Å². The number of hydrogen-bond acceptors (Lipinski definition) is 5. The van der Waals surface area contributed by atoms with Crippen LogP contribution in [0.3, 0.4) is 0 Å². The molecule has 3 aromatic rings. The number of nitrogens with one attached hydrogen (secondary N) is 1. The monoisotopic (exact) mass is 321 g/mol. The number of anilines is 1. The molecule has 6 heteroatoms. The largest absolute Gasteiger partial charge is 0.342 e. The van der Waals surface area contributed by atoms with Gasteiger partial charge in [0.15, 0.2) is 5.65 Å². The Labute approximate surface area is 139 Å². The molecule has 4 heterocycles. The molecule has 0 aliphatic carbocycles. The Morgan fingerprint density at radius 2 is 2.21 bits per heavy atom. The van der Waals surface area contributed by atoms with E-state index in [1.165, 1.54) is 6.42 Å². The fourth-order valence-electron chi connectivity index (χ4n) is 3.35. The second kappa shape index (κ2) is 6.03. The lowest BCUT2D eigenvalue weighted by Crippen LogP contribution is -2.36. The van der Waals surface area contributed by atoms with Crippen molar-refractivity contribution in [3.05, 3.63) is 47.1 Å². The molecular formula is C18H19N5O. The molecule has 1 unspecified atom stereocenters. The number of fused-ring (bicyclic) bond motifs is 1. The van der Waals surface area contributed by atoms with Crippen LogP contribution in [0.5, 0.6) is 0 Å². The number of H-pyrrole nitrogens is 1. The van der Waals surface area contributed by atoms with Crippen LogP contribution in [0.15, 0.2) is 41.6 Å². The maximum absolute atomic E-state index is 12.7. The SMILES string of the molecule is CC1CCCN(c2nc3nccc(-c4cccnc4)c3c(=O)[nH]2)C1. The average molecular weight is 321 g/mol. The molecular weight excluding hydrogens is 302 g/mol. The van der Waals surface area contributed by atoms with Crippen molar-refractivity contribution in [2.75, 3.05) is 18.0 Å². The number of hydrogen-bond donors (Lipinski definition) is 1. The molecule has 0 saturated carbocycles. The van der Waals surface area contributed by atoms with Crippen LogP contribution in [-0.2, 0) is 0 Å². The molecule has 0 aromatic carbocycles. The first-order valence-electron chi connectivity index (χ1n) is 8.27. The Morgan fingerprint density at radius 3 is 3.00 bits per heavy atom. The van der Waals surface area contributed by atoms with Gasteiger partial charge in [0.1, 0.15) is 0 Å². The minimum Gasteiger partial charge on any atom is -0.342 e. The van der Waals surface area contributed by atoms with Gasteiger partial charge >= 0.3 is 0 Å². The highest BCUT2D eigenvalue weighted by molar-refractivity contribution is 5.91. The molecule has 122 valence electrons. The van der Waals surface area contributed by atoms with Crippen molar-refractivity contribution in [3.63, 3.8) is 0 Å². The van der Waals surface area contributed by atoms with E-state index in [0.717, 1.165) is 30.6 Å². The van der Waals surface area contributed by atoms with Crippen LogP contribution < -0.4 is 10.5 Å². The first-order chi connectivity index (χ1) is 11.7. The Hall–Kier alpha value is -2.76. The van der Waals surface area contributed by atoms with Gasteiger partial charge in [-0.15, -0.1) is 0 Å². The molecule has 6 nitrogen and oxygen atoms in total. The van der Waals surface area contributed by atoms with Crippen LogP contribution in [0, 0.1) is 5.92 Å². The second-order valence-electron chi connectivity index (χ2n) is 6.38. The maximum atomic E-state index is 12.7. The van der Waals surface area contributed by atoms with Crippen LogP contribution in [0.2, 0.25) is 0 Å². The molecule has 3 aromatic heterocycles. The fourth-order valence-corrected chi connectivity index (χ4v) is 3.35. The Morgan fingerprint density at radius 1 is 1.29 bits per heavy atom. The standard InChI is InChI=1S/C18H19N5O/c1-12-4-3-9-23(11-12)18-21-16-15(17(24)22-18)14(6-8-20-16)13-5-2-7-19-10-13/h2,5-8,10,12H,3-4,9,11H2,1H3,(H,20,21,22,24). The van der Waals surface area contributed by atoms with E-state index in [4.69, 9.17) is 0 Å². The molecule has 0 bridgehead atoms. The maximum Gasteiger partial charge on any atom is 0.262 e. The zero-order chi connectivity index (χ0) is 16.5. The average Bonchev–Trinajstić information content (AvgIpc) is 2.62. The summed E-state index contributed by atoms with van der Waals surface area (Å²) in [5.74, 6) is 1.23. The number of nitrogens with zero attached hydrogens (tertiary/aromatic N) is 4. The molecule has 1 N–H and O–H groups in total. The van der Waals surface area contributed by atoms with E-state index in [-0.39, 0.29) is 5.56 Å². The van der Waals surface area contributed by atoms with Crippen molar-refractivity contribution in [2.45, 2.75) is 19.8 Å². The summed E-state index contributed by atoms with van der Waals surface area (Å²) in [5, 5.41) is 0.513. The number of rotatable bonds is 2. The minimum absolute atomic E-state index is 0.153. The molecule has 24 heavy (non-hydrogen) atoms. The summed E-state index contributed by atoms with van der Waals surface area (Å²) >= 11 is 0. The summed E-state index contributed by atoms with van der Waals surface area (Å²) in [6, 6.07) is 5.62. The third-order valence-corrected chi connectivity index (χ3v) is 4.52. The topological polar surface area (TPSA) is 74.8 Å². The van der Waals surface area contributed by atoms with Gasteiger partial charge in [-0.2, -0.15) is 4.98 Å². The van der Waals surface area contributed by atoms with Crippen molar-refractivity contribution in [1.29, 1.82) is 0 Å². The highest BCUT2D eigenvalue weighted by Gasteiger charge is 2.20.